The van der Waals surface area contributed by atoms with Crippen LogP contribution in [-0.2, 0) is 14.8 Å². The van der Waals surface area contributed by atoms with Crippen molar-refractivity contribution < 1.29 is 13.2 Å². The van der Waals surface area contributed by atoms with Crippen LogP contribution in [0, 0.1) is 5.92 Å². The Balaban J connectivity index is 1.87. The summed E-state index contributed by atoms with van der Waals surface area (Å²) in [5, 5.41) is 2.64. The van der Waals surface area contributed by atoms with E-state index in [1.165, 1.54) is 19.1 Å². The first-order valence-electron chi connectivity index (χ1n) is 8.93. The highest BCUT2D eigenvalue weighted by Crippen LogP contribution is 2.30. The molecule has 7 heteroatoms. The zero-order chi connectivity index (χ0) is 17.9. The Morgan fingerprint density at radius 2 is 1.68 bits per heavy atom. The molecule has 1 aromatic carbocycles. The number of rotatable bonds is 4. The van der Waals surface area contributed by atoms with E-state index in [2.05, 4.69) is 14.6 Å². The fraction of sp³-hybridized carbons (Fsp3) is 0.556. The van der Waals surface area contributed by atoms with Crippen LogP contribution in [0.25, 0.3) is 0 Å². The lowest BCUT2D eigenvalue weighted by atomic mass is 10.1. The van der Waals surface area contributed by atoms with Gasteiger partial charge in [0.05, 0.1) is 4.90 Å². The molecule has 1 saturated carbocycles. The molecule has 3 rings (SSSR count). The van der Waals surface area contributed by atoms with Crippen LogP contribution in [-0.4, -0.2) is 38.2 Å². The van der Waals surface area contributed by atoms with Crippen LogP contribution in [0.1, 0.15) is 45.4 Å². The van der Waals surface area contributed by atoms with Gasteiger partial charge in [0.25, 0.3) is 10.0 Å². The average Bonchev–Trinajstić information content (AvgIpc) is 3.26. The molecule has 1 saturated heterocycles. The molecule has 1 aliphatic heterocycles. The molecule has 0 unspecified atom stereocenters. The van der Waals surface area contributed by atoms with Gasteiger partial charge in [-0.05, 0) is 49.9 Å². The number of carbonyl (C=O) groups is 1. The number of amides is 1. The molecule has 0 radical (unpaired) electrons. The van der Waals surface area contributed by atoms with Crippen molar-refractivity contribution >= 4 is 27.5 Å². The number of sulfonamides is 1. The van der Waals surface area contributed by atoms with Crippen molar-refractivity contribution in [3.8, 4) is 0 Å². The summed E-state index contributed by atoms with van der Waals surface area (Å²) >= 11 is 0. The quantitative estimate of drug-likeness (QED) is 0.659. The molecule has 1 aromatic rings. The molecule has 25 heavy (non-hydrogen) atoms. The molecule has 1 N–H and O–H groups in total. The molecule has 136 valence electrons. The van der Waals surface area contributed by atoms with Gasteiger partial charge in [-0.2, -0.15) is 8.42 Å². The van der Waals surface area contributed by atoms with Crippen molar-refractivity contribution in [1.29, 1.82) is 0 Å². The Morgan fingerprint density at radius 3 is 2.24 bits per heavy atom. The van der Waals surface area contributed by atoms with Crippen LogP contribution in [0.5, 0.6) is 0 Å². The standard InChI is InChI=1S/C18H25N3O3S/c1-14(22)19-16-8-10-17(11-9-16)25(23,24)20-18(15-6-2-3-7-15)21-12-4-5-13-21/h8-11,15H,2-7,12-13H2,1H3,(H,19,22)/b20-18-. The molecular formula is C18H25N3O3S. The Labute approximate surface area is 149 Å². The largest absolute Gasteiger partial charge is 0.359 e. The summed E-state index contributed by atoms with van der Waals surface area (Å²) in [5.74, 6) is 0.818. The third-order valence-electron chi connectivity index (χ3n) is 4.84. The van der Waals surface area contributed by atoms with Crippen LogP contribution in [0.15, 0.2) is 33.6 Å². The molecule has 2 fully saturated rings. The first-order chi connectivity index (χ1) is 12.0. The second-order valence-corrected chi connectivity index (χ2v) is 8.41. The molecule has 1 heterocycles. The Bertz CT molecular complexity index is 726. The van der Waals surface area contributed by atoms with E-state index in [1.54, 1.807) is 12.1 Å². The minimum absolute atomic E-state index is 0.163. The zero-order valence-corrected chi connectivity index (χ0v) is 15.4. The van der Waals surface area contributed by atoms with Gasteiger partial charge in [0, 0.05) is 31.6 Å². The van der Waals surface area contributed by atoms with Gasteiger partial charge < -0.3 is 10.2 Å². The van der Waals surface area contributed by atoms with E-state index in [0.717, 1.165) is 57.5 Å². The maximum atomic E-state index is 12.8. The number of benzene rings is 1. The Morgan fingerprint density at radius 1 is 1.08 bits per heavy atom. The summed E-state index contributed by atoms with van der Waals surface area (Å²) in [7, 11) is -3.75. The lowest BCUT2D eigenvalue weighted by molar-refractivity contribution is -0.114. The summed E-state index contributed by atoms with van der Waals surface area (Å²) in [4.78, 5) is 13.4. The van der Waals surface area contributed by atoms with Gasteiger partial charge in [0.1, 0.15) is 5.84 Å². The normalized spacial score (nSPS) is 19.4. The summed E-state index contributed by atoms with van der Waals surface area (Å²) in [6, 6.07) is 6.19. The maximum absolute atomic E-state index is 12.8. The first-order valence-corrected chi connectivity index (χ1v) is 10.4. The minimum Gasteiger partial charge on any atom is -0.359 e. The van der Waals surface area contributed by atoms with Crippen molar-refractivity contribution in [2.45, 2.75) is 50.3 Å². The van der Waals surface area contributed by atoms with Crippen LogP contribution in [0.2, 0.25) is 0 Å². The van der Waals surface area contributed by atoms with Gasteiger partial charge in [-0.3, -0.25) is 4.79 Å². The second-order valence-electron chi connectivity index (χ2n) is 6.81. The predicted molar refractivity (Wildman–Crippen MR) is 98.1 cm³/mol. The molecule has 0 aromatic heterocycles. The van der Waals surface area contributed by atoms with E-state index in [-0.39, 0.29) is 16.7 Å². The fourth-order valence-electron chi connectivity index (χ4n) is 3.61. The number of likely N-dealkylation sites (tertiary alicyclic amines) is 1. The molecule has 2 aliphatic rings. The number of hydrogen-bond donors (Lipinski definition) is 1. The van der Waals surface area contributed by atoms with E-state index in [4.69, 9.17) is 0 Å². The monoisotopic (exact) mass is 363 g/mol. The van der Waals surface area contributed by atoms with Gasteiger partial charge in [0.2, 0.25) is 5.91 Å². The minimum atomic E-state index is -3.75. The topological polar surface area (TPSA) is 78.8 Å². The number of carbonyl (C=O) groups excluding carboxylic acids is 1. The van der Waals surface area contributed by atoms with E-state index >= 15 is 0 Å². The molecule has 0 bridgehead atoms. The van der Waals surface area contributed by atoms with Crippen molar-refractivity contribution in [3.63, 3.8) is 0 Å². The molecular weight excluding hydrogens is 338 g/mol. The van der Waals surface area contributed by atoms with E-state index in [0.29, 0.717) is 5.69 Å². The van der Waals surface area contributed by atoms with Crippen molar-refractivity contribution in [2.75, 3.05) is 18.4 Å². The highest BCUT2D eigenvalue weighted by Gasteiger charge is 2.29. The predicted octanol–water partition coefficient (Wildman–Crippen LogP) is 3.02. The SMILES string of the molecule is CC(=O)Nc1ccc(S(=O)(=O)/N=C(/C2CCCC2)N2CCCC2)cc1. The molecule has 1 amide bonds. The highest BCUT2D eigenvalue weighted by molar-refractivity contribution is 7.90. The molecule has 1 aliphatic carbocycles. The summed E-state index contributed by atoms with van der Waals surface area (Å²) in [6.45, 7) is 3.21. The van der Waals surface area contributed by atoms with Gasteiger partial charge >= 0.3 is 0 Å². The number of hydrogen-bond acceptors (Lipinski definition) is 3. The van der Waals surface area contributed by atoms with E-state index < -0.39 is 10.0 Å². The van der Waals surface area contributed by atoms with Gasteiger partial charge in [0.15, 0.2) is 0 Å². The lowest BCUT2D eigenvalue weighted by Gasteiger charge is -2.24. The van der Waals surface area contributed by atoms with Crippen LogP contribution in [0.4, 0.5) is 5.69 Å². The van der Waals surface area contributed by atoms with Crippen molar-refractivity contribution in [1.82, 2.24) is 4.90 Å². The first kappa shape index (κ1) is 17.9. The Kier molecular flexibility index (Phi) is 5.42. The second kappa shape index (κ2) is 7.56. The van der Waals surface area contributed by atoms with E-state index in [1.807, 2.05) is 0 Å². The molecule has 0 atom stereocenters. The smallest absolute Gasteiger partial charge is 0.283 e. The van der Waals surface area contributed by atoms with Crippen molar-refractivity contribution in [2.24, 2.45) is 10.3 Å². The van der Waals surface area contributed by atoms with Gasteiger partial charge in [-0.1, -0.05) is 12.8 Å². The molecule has 0 spiro atoms. The Hall–Kier alpha value is -1.89. The zero-order valence-electron chi connectivity index (χ0n) is 14.6. The van der Waals surface area contributed by atoms with Gasteiger partial charge in [-0.25, -0.2) is 0 Å². The number of nitrogens with zero attached hydrogens (tertiary/aromatic N) is 2. The third kappa shape index (κ3) is 4.39. The van der Waals surface area contributed by atoms with Crippen LogP contribution >= 0.6 is 0 Å². The number of anilines is 1. The van der Waals surface area contributed by atoms with Crippen molar-refractivity contribution in [3.05, 3.63) is 24.3 Å². The van der Waals surface area contributed by atoms with Crippen LogP contribution < -0.4 is 5.32 Å². The summed E-state index contributed by atoms with van der Waals surface area (Å²) in [6.07, 6.45) is 6.51. The average molecular weight is 363 g/mol. The van der Waals surface area contributed by atoms with E-state index in [9.17, 15) is 13.2 Å². The summed E-state index contributed by atoms with van der Waals surface area (Å²) < 4.78 is 29.8. The third-order valence-corrected chi connectivity index (χ3v) is 6.13. The lowest BCUT2D eigenvalue weighted by Crippen LogP contribution is -2.34. The number of amidine groups is 1. The fourth-order valence-corrected chi connectivity index (χ4v) is 4.71. The number of nitrogens with one attached hydrogen (secondary N) is 1. The van der Waals surface area contributed by atoms with Crippen LogP contribution in [0.3, 0.4) is 0 Å². The maximum Gasteiger partial charge on any atom is 0.283 e. The summed E-state index contributed by atoms with van der Waals surface area (Å²) in [5.41, 5.74) is 0.575. The molecule has 6 nitrogen and oxygen atoms in total. The van der Waals surface area contributed by atoms with Gasteiger partial charge in [-0.15, -0.1) is 4.40 Å². The highest BCUT2D eigenvalue weighted by atomic mass is 32.2.